The molecule has 4 nitrogen and oxygen atoms in total. The van der Waals surface area contributed by atoms with Crippen LogP contribution in [0, 0.1) is 11.8 Å². The third-order valence-electron chi connectivity index (χ3n) is 1.71. The first-order chi connectivity index (χ1) is 7.15. The van der Waals surface area contributed by atoms with E-state index in [0.29, 0.717) is 23.5 Å². The average Bonchev–Trinajstić information content (AvgIpc) is 2.21. The van der Waals surface area contributed by atoms with Crippen molar-refractivity contribution in [1.82, 2.24) is 0 Å². The summed E-state index contributed by atoms with van der Waals surface area (Å²) >= 11 is 0. The lowest BCUT2D eigenvalue weighted by Gasteiger charge is -2.00. The first-order valence-electron chi connectivity index (χ1n) is 4.48. The highest BCUT2D eigenvalue weighted by molar-refractivity contribution is 5.90. The van der Waals surface area contributed by atoms with Crippen molar-refractivity contribution >= 4 is 17.3 Å². The molecule has 1 aromatic rings. The standard InChI is InChI=1S/C11H12N2O2/c1-2-15-10(14)7-6-8-4-3-5-9(12)11(8)13/h3-5H,2,12-13H2,1H3. The van der Waals surface area contributed by atoms with Crippen LogP contribution in [0.25, 0.3) is 0 Å². The zero-order valence-electron chi connectivity index (χ0n) is 8.41. The predicted molar refractivity (Wildman–Crippen MR) is 58.8 cm³/mol. The molecule has 0 aliphatic rings. The monoisotopic (exact) mass is 204 g/mol. The molecule has 0 spiro atoms. The molecule has 0 saturated carbocycles. The van der Waals surface area contributed by atoms with Crippen LogP contribution in [0.2, 0.25) is 0 Å². The molecular formula is C11H12N2O2. The number of ether oxygens (including phenoxy) is 1. The molecule has 1 aromatic carbocycles. The largest absolute Gasteiger partial charge is 0.456 e. The van der Waals surface area contributed by atoms with Crippen LogP contribution < -0.4 is 11.5 Å². The smallest absolute Gasteiger partial charge is 0.384 e. The van der Waals surface area contributed by atoms with Crippen molar-refractivity contribution in [3.05, 3.63) is 23.8 Å². The van der Waals surface area contributed by atoms with E-state index in [-0.39, 0.29) is 0 Å². The topological polar surface area (TPSA) is 78.3 Å². The molecule has 0 fully saturated rings. The van der Waals surface area contributed by atoms with Gasteiger partial charge in [-0.3, -0.25) is 0 Å². The van der Waals surface area contributed by atoms with Gasteiger partial charge < -0.3 is 16.2 Å². The van der Waals surface area contributed by atoms with E-state index < -0.39 is 5.97 Å². The SMILES string of the molecule is CCOC(=O)C#Cc1cccc(N)c1N. The minimum Gasteiger partial charge on any atom is -0.456 e. The Balaban J connectivity index is 2.89. The molecule has 4 heteroatoms. The molecule has 4 N–H and O–H groups in total. The van der Waals surface area contributed by atoms with Crippen LogP contribution in [0.1, 0.15) is 12.5 Å². The molecule has 0 heterocycles. The van der Waals surface area contributed by atoms with Crippen LogP contribution in [0.4, 0.5) is 11.4 Å². The van der Waals surface area contributed by atoms with Gasteiger partial charge in [0.2, 0.25) is 0 Å². The quantitative estimate of drug-likeness (QED) is 0.402. The molecule has 0 aliphatic carbocycles. The molecule has 15 heavy (non-hydrogen) atoms. The fourth-order valence-corrected chi connectivity index (χ4v) is 0.978. The number of hydrogen-bond acceptors (Lipinski definition) is 4. The Morgan fingerprint density at radius 3 is 2.87 bits per heavy atom. The van der Waals surface area contributed by atoms with Crippen LogP contribution in [0.15, 0.2) is 18.2 Å². The Kier molecular flexibility index (Phi) is 3.58. The first kappa shape index (κ1) is 10.9. The summed E-state index contributed by atoms with van der Waals surface area (Å²) in [7, 11) is 0. The summed E-state index contributed by atoms with van der Waals surface area (Å²) in [5.41, 5.74) is 12.6. The fourth-order valence-electron chi connectivity index (χ4n) is 0.978. The Labute approximate surface area is 88.2 Å². The minimum atomic E-state index is -0.570. The van der Waals surface area contributed by atoms with Crippen molar-refractivity contribution in [3.8, 4) is 11.8 Å². The fraction of sp³-hybridized carbons (Fsp3) is 0.182. The van der Waals surface area contributed by atoms with Crippen molar-refractivity contribution in [2.75, 3.05) is 18.1 Å². The van der Waals surface area contributed by atoms with Crippen molar-refractivity contribution in [2.24, 2.45) is 0 Å². The van der Waals surface area contributed by atoms with E-state index in [1.807, 2.05) is 0 Å². The molecule has 0 amide bonds. The van der Waals surface area contributed by atoms with Gasteiger partial charge in [-0.1, -0.05) is 12.0 Å². The van der Waals surface area contributed by atoms with Gasteiger partial charge in [0.15, 0.2) is 0 Å². The lowest BCUT2D eigenvalue weighted by atomic mass is 10.1. The highest BCUT2D eigenvalue weighted by atomic mass is 16.5. The zero-order chi connectivity index (χ0) is 11.3. The molecule has 1 rings (SSSR count). The van der Waals surface area contributed by atoms with Gasteiger partial charge in [-0.25, -0.2) is 4.79 Å². The summed E-state index contributed by atoms with van der Waals surface area (Å²) in [5.74, 6) is 4.36. The van der Waals surface area contributed by atoms with Crippen LogP contribution >= 0.6 is 0 Å². The molecule has 0 aliphatic heterocycles. The van der Waals surface area contributed by atoms with Crippen LogP contribution in [-0.2, 0) is 9.53 Å². The third kappa shape index (κ3) is 2.92. The number of carbonyl (C=O) groups is 1. The van der Waals surface area contributed by atoms with Gasteiger partial charge in [-0.15, -0.1) is 0 Å². The molecule has 0 saturated heterocycles. The average molecular weight is 204 g/mol. The number of hydrogen-bond donors (Lipinski definition) is 2. The van der Waals surface area contributed by atoms with Crippen LogP contribution in [0.5, 0.6) is 0 Å². The number of nitrogens with two attached hydrogens (primary N) is 2. The summed E-state index contributed by atoms with van der Waals surface area (Å²) in [6.07, 6.45) is 0. The molecular weight excluding hydrogens is 192 g/mol. The number of esters is 1. The number of anilines is 2. The van der Waals surface area contributed by atoms with E-state index in [1.165, 1.54) is 0 Å². The zero-order valence-corrected chi connectivity index (χ0v) is 8.41. The highest BCUT2D eigenvalue weighted by Crippen LogP contribution is 2.17. The number of carbonyl (C=O) groups excluding carboxylic acids is 1. The van der Waals surface area contributed by atoms with Gasteiger partial charge in [0, 0.05) is 5.92 Å². The molecule has 0 atom stereocenters. The van der Waals surface area contributed by atoms with E-state index in [1.54, 1.807) is 25.1 Å². The summed E-state index contributed by atoms with van der Waals surface area (Å²) in [5, 5.41) is 0. The lowest BCUT2D eigenvalue weighted by molar-refractivity contribution is -0.136. The second kappa shape index (κ2) is 4.91. The van der Waals surface area contributed by atoms with E-state index in [2.05, 4.69) is 16.6 Å². The maximum atomic E-state index is 10.9. The van der Waals surface area contributed by atoms with Crippen molar-refractivity contribution in [3.63, 3.8) is 0 Å². The van der Waals surface area contributed by atoms with E-state index >= 15 is 0 Å². The van der Waals surface area contributed by atoms with Crippen LogP contribution in [-0.4, -0.2) is 12.6 Å². The summed E-state index contributed by atoms with van der Waals surface area (Å²) in [6.45, 7) is 2.02. The van der Waals surface area contributed by atoms with Crippen molar-refractivity contribution < 1.29 is 9.53 Å². The van der Waals surface area contributed by atoms with Gasteiger partial charge >= 0.3 is 5.97 Å². The minimum absolute atomic E-state index is 0.305. The highest BCUT2D eigenvalue weighted by Gasteiger charge is 1.99. The van der Waals surface area contributed by atoms with E-state index in [9.17, 15) is 4.79 Å². The van der Waals surface area contributed by atoms with Gasteiger partial charge in [0.25, 0.3) is 0 Å². The first-order valence-corrected chi connectivity index (χ1v) is 4.48. The molecule has 0 unspecified atom stereocenters. The molecule has 0 radical (unpaired) electrons. The number of benzene rings is 1. The summed E-state index contributed by atoms with van der Waals surface area (Å²) in [4.78, 5) is 10.9. The molecule has 0 bridgehead atoms. The second-order valence-electron chi connectivity index (χ2n) is 2.78. The Morgan fingerprint density at radius 2 is 2.20 bits per heavy atom. The molecule has 78 valence electrons. The maximum absolute atomic E-state index is 10.9. The third-order valence-corrected chi connectivity index (χ3v) is 1.71. The number of nitrogen functional groups attached to an aromatic ring is 2. The Bertz CT molecular complexity index is 430. The van der Waals surface area contributed by atoms with E-state index in [0.717, 1.165) is 0 Å². The Hall–Kier alpha value is -2.15. The predicted octanol–water partition coefficient (Wildman–Crippen LogP) is 0.766. The maximum Gasteiger partial charge on any atom is 0.384 e. The lowest BCUT2D eigenvalue weighted by Crippen LogP contribution is -2.01. The van der Waals surface area contributed by atoms with Gasteiger partial charge in [0.05, 0.1) is 23.5 Å². The summed E-state index contributed by atoms with van der Waals surface area (Å²) in [6, 6.07) is 5.09. The van der Waals surface area contributed by atoms with E-state index in [4.69, 9.17) is 11.5 Å². The van der Waals surface area contributed by atoms with Gasteiger partial charge in [0.1, 0.15) is 0 Å². The van der Waals surface area contributed by atoms with Crippen LogP contribution in [0.3, 0.4) is 0 Å². The summed E-state index contributed by atoms with van der Waals surface area (Å²) < 4.78 is 4.65. The number of para-hydroxylation sites is 1. The Morgan fingerprint density at radius 1 is 1.47 bits per heavy atom. The van der Waals surface area contributed by atoms with Gasteiger partial charge in [-0.05, 0) is 19.1 Å². The normalized spacial score (nSPS) is 8.87. The van der Waals surface area contributed by atoms with Crippen molar-refractivity contribution in [1.29, 1.82) is 0 Å². The molecule has 0 aromatic heterocycles. The number of rotatable bonds is 1. The van der Waals surface area contributed by atoms with Crippen molar-refractivity contribution in [2.45, 2.75) is 6.92 Å². The van der Waals surface area contributed by atoms with Gasteiger partial charge in [-0.2, -0.15) is 0 Å². The second-order valence-corrected chi connectivity index (χ2v) is 2.78.